The Balaban J connectivity index is 1.45. The molecule has 1 fully saturated rings. The molecule has 0 spiro atoms. The van der Waals surface area contributed by atoms with Crippen molar-refractivity contribution in [2.45, 2.75) is 19.8 Å². The molecule has 1 N–H and O–H groups in total. The number of nitrogens with zero attached hydrogens (tertiary/aromatic N) is 2. The predicted octanol–water partition coefficient (Wildman–Crippen LogP) is 4.23. The van der Waals surface area contributed by atoms with Crippen LogP contribution in [0.2, 0.25) is 0 Å². The maximum atomic E-state index is 11.9. The van der Waals surface area contributed by atoms with E-state index in [0.29, 0.717) is 5.75 Å². The minimum absolute atomic E-state index is 0.0849. The molecule has 1 aliphatic carbocycles. The Hall–Kier alpha value is -3.35. The van der Waals surface area contributed by atoms with Crippen molar-refractivity contribution in [2.24, 2.45) is 5.92 Å². The average Bonchev–Trinajstić information content (AvgIpc) is 3.44. The number of hydrogen-bond donors (Lipinski definition) is 1. The van der Waals surface area contributed by atoms with Gasteiger partial charge in [0.2, 0.25) is 5.69 Å². The van der Waals surface area contributed by atoms with Gasteiger partial charge in [-0.25, -0.2) is 9.89 Å². The fraction of sp³-hybridized carbons (Fsp3) is 0.286. The van der Waals surface area contributed by atoms with Gasteiger partial charge in [0.05, 0.1) is 13.2 Å². The first-order chi connectivity index (χ1) is 13.7. The van der Waals surface area contributed by atoms with E-state index in [9.17, 15) is 4.79 Å². The molecular formula is C21H21N3O4. The van der Waals surface area contributed by atoms with Gasteiger partial charge in [-0.05, 0) is 61.1 Å². The molecule has 0 atom stereocenters. The van der Waals surface area contributed by atoms with Crippen molar-refractivity contribution in [3.8, 4) is 28.5 Å². The largest absolute Gasteiger partial charge is 0.493 e. The third kappa shape index (κ3) is 4.31. The van der Waals surface area contributed by atoms with E-state index in [4.69, 9.17) is 14.2 Å². The van der Waals surface area contributed by atoms with Gasteiger partial charge in [0.25, 0.3) is 5.88 Å². The van der Waals surface area contributed by atoms with Gasteiger partial charge in [-0.1, -0.05) is 34.6 Å². The molecule has 2 aromatic carbocycles. The van der Waals surface area contributed by atoms with Crippen molar-refractivity contribution in [1.29, 1.82) is 0 Å². The van der Waals surface area contributed by atoms with Crippen LogP contribution in [0.25, 0.3) is 11.1 Å². The van der Waals surface area contributed by atoms with Crippen molar-refractivity contribution < 1.29 is 19.0 Å². The van der Waals surface area contributed by atoms with Gasteiger partial charge >= 0.3 is 5.97 Å². The molecule has 28 heavy (non-hydrogen) atoms. The fourth-order valence-corrected chi connectivity index (χ4v) is 2.72. The second kappa shape index (κ2) is 8.12. The molecule has 144 valence electrons. The minimum atomic E-state index is -0.554. The van der Waals surface area contributed by atoms with Crippen LogP contribution in [0, 0.1) is 5.92 Å². The summed E-state index contributed by atoms with van der Waals surface area (Å²) >= 11 is 0. The van der Waals surface area contributed by atoms with Gasteiger partial charge in [0.15, 0.2) is 0 Å². The van der Waals surface area contributed by atoms with E-state index in [0.717, 1.165) is 29.4 Å². The van der Waals surface area contributed by atoms with Gasteiger partial charge in [-0.15, -0.1) is 0 Å². The molecule has 3 aromatic rings. The zero-order valence-electron chi connectivity index (χ0n) is 15.6. The normalized spacial score (nSPS) is 13.2. The molecule has 0 aliphatic heterocycles. The van der Waals surface area contributed by atoms with Crippen molar-refractivity contribution in [3.63, 3.8) is 0 Å². The predicted molar refractivity (Wildman–Crippen MR) is 103 cm³/mol. The first-order valence-corrected chi connectivity index (χ1v) is 9.32. The lowest BCUT2D eigenvalue weighted by Crippen LogP contribution is -2.06. The summed E-state index contributed by atoms with van der Waals surface area (Å²) in [5.41, 5.74) is 2.19. The highest BCUT2D eigenvalue weighted by molar-refractivity contribution is 5.89. The Kier molecular flexibility index (Phi) is 5.23. The number of rotatable bonds is 8. The molecule has 7 heteroatoms. The second-order valence-corrected chi connectivity index (χ2v) is 6.62. The zero-order valence-corrected chi connectivity index (χ0v) is 15.6. The van der Waals surface area contributed by atoms with Crippen LogP contribution in [0.4, 0.5) is 0 Å². The van der Waals surface area contributed by atoms with Crippen LogP contribution < -0.4 is 9.47 Å². The van der Waals surface area contributed by atoms with Gasteiger partial charge in [0, 0.05) is 0 Å². The lowest BCUT2D eigenvalue weighted by Gasteiger charge is -2.09. The van der Waals surface area contributed by atoms with Gasteiger partial charge in [0.1, 0.15) is 11.5 Å². The van der Waals surface area contributed by atoms with Crippen LogP contribution in [0.1, 0.15) is 30.3 Å². The summed E-state index contributed by atoms with van der Waals surface area (Å²) in [6, 6.07) is 15.6. The summed E-state index contributed by atoms with van der Waals surface area (Å²) in [6.45, 7) is 2.78. The Bertz CT molecular complexity index is 948. The number of aromatic amines is 1. The minimum Gasteiger partial charge on any atom is -0.493 e. The molecule has 7 nitrogen and oxygen atoms in total. The van der Waals surface area contributed by atoms with Crippen molar-refractivity contribution in [3.05, 3.63) is 54.2 Å². The molecule has 4 rings (SSSR count). The average molecular weight is 379 g/mol. The van der Waals surface area contributed by atoms with E-state index >= 15 is 0 Å². The highest BCUT2D eigenvalue weighted by atomic mass is 16.5. The smallest absolute Gasteiger partial charge is 0.362 e. The van der Waals surface area contributed by atoms with Crippen LogP contribution in [-0.2, 0) is 4.74 Å². The second-order valence-electron chi connectivity index (χ2n) is 6.62. The molecule has 1 heterocycles. The van der Waals surface area contributed by atoms with E-state index in [-0.39, 0.29) is 18.2 Å². The topological polar surface area (TPSA) is 86.3 Å². The van der Waals surface area contributed by atoms with E-state index in [1.54, 1.807) is 6.92 Å². The Morgan fingerprint density at radius 2 is 1.93 bits per heavy atom. The third-order valence-electron chi connectivity index (χ3n) is 4.41. The molecule has 1 aromatic heterocycles. The maximum absolute atomic E-state index is 11.9. The monoisotopic (exact) mass is 379 g/mol. The molecule has 1 aliphatic rings. The summed E-state index contributed by atoms with van der Waals surface area (Å²) < 4.78 is 16.5. The van der Waals surface area contributed by atoms with Crippen molar-refractivity contribution in [1.82, 2.24) is 15.4 Å². The van der Waals surface area contributed by atoms with Crippen molar-refractivity contribution in [2.75, 3.05) is 13.2 Å². The van der Waals surface area contributed by atoms with Gasteiger partial charge in [-0.3, -0.25) is 0 Å². The lowest BCUT2D eigenvalue weighted by molar-refractivity contribution is 0.0516. The number of ether oxygens (including phenoxy) is 3. The van der Waals surface area contributed by atoms with Crippen LogP contribution in [0.3, 0.4) is 0 Å². The SMILES string of the molecule is CCOC(=O)c1[nH]nnc1Oc1ccc(-c2cccc(OCC3CC3)c2)cc1. The third-order valence-corrected chi connectivity index (χ3v) is 4.41. The van der Waals surface area contributed by atoms with E-state index < -0.39 is 5.97 Å². The highest BCUT2D eigenvalue weighted by Crippen LogP contribution is 2.31. The molecule has 0 saturated heterocycles. The first kappa shape index (κ1) is 18.0. The van der Waals surface area contributed by atoms with E-state index in [1.165, 1.54) is 12.8 Å². The molecule has 0 amide bonds. The molecule has 0 unspecified atom stereocenters. The van der Waals surface area contributed by atoms with Crippen molar-refractivity contribution >= 4 is 5.97 Å². The van der Waals surface area contributed by atoms with Gasteiger partial charge < -0.3 is 14.2 Å². The number of benzene rings is 2. The summed E-state index contributed by atoms with van der Waals surface area (Å²) in [6.07, 6.45) is 2.54. The number of aromatic nitrogens is 3. The zero-order chi connectivity index (χ0) is 19.3. The summed E-state index contributed by atoms with van der Waals surface area (Å²) in [5.74, 6) is 1.68. The Labute approximate surface area is 162 Å². The number of esters is 1. The lowest BCUT2D eigenvalue weighted by atomic mass is 10.1. The molecule has 1 saturated carbocycles. The summed E-state index contributed by atoms with van der Waals surface area (Å²) in [5, 5.41) is 9.92. The van der Waals surface area contributed by atoms with Crippen LogP contribution >= 0.6 is 0 Å². The summed E-state index contributed by atoms with van der Waals surface area (Å²) in [7, 11) is 0. The van der Waals surface area contributed by atoms with Crippen LogP contribution in [-0.4, -0.2) is 34.6 Å². The number of hydrogen-bond acceptors (Lipinski definition) is 6. The van der Waals surface area contributed by atoms with Crippen LogP contribution in [0.5, 0.6) is 17.4 Å². The van der Waals surface area contributed by atoms with E-state index in [1.807, 2.05) is 48.5 Å². The maximum Gasteiger partial charge on any atom is 0.362 e. The quantitative estimate of drug-likeness (QED) is 0.590. The molecule has 0 bridgehead atoms. The molecular weight excluding hydrogens is 358 g/mol. The number of carbonyl (C=O) groups is 1. The van der Waals surface area contributed by atoms with Crippen LogP contribution in [0.15, 0.2) is 48.5 Å². The fourth-order valence-electron chi connectivity index (χ4n) is 2.72. The standard InChI is InChI=1S/C21H21N3O4/c1-2-26-21(25)19-20(23-24-22-19)28-17-10-8-15(9-11-17)16-4-3-5-18(12-16)27-13-14-6-7-14/h3-5,8-12,14H,2,6-7,13H2,1H3,(H,22,23,24). The van der Waals surface area contributed by atoms with E-state index in [2.05, 4.69) is 15.4 Å². The Morgan fingerprint density at radius 3 is 2.68 bits per heavy atom. The number of H-pyrrole nitrogens is 1. The number of carbonyl (C=O) groups excluding carboxylic acids is 1. The number of nitrogens with one attached hydrogen (secondary N) is 1. The first-order valence-electron chi connectivity index (χ1n) is 9.32. The van der Waals surface area contributed by atoms with Gasteiger partial charge in [-0.2, -0.15) is 0 Å². The summed E-state index contributed by atoms with van der Waals surface area (Å²) in [4.78, 5) is 11.9. The molecule has 0 radical (unpaired) electrons. The highest BCUT2D eigenvalue weighted by Gasteiger charge is 2.22. The Morgan fingerprint density at radius 1 is 1.11 bits per heavy atom.